The van der Waals surface area contributed by atoms with E-state index in [1.54, 1.807) is 24.3 Å². The molecule has 0 atom stereocenters. The minimum atomic E-state index is -0.609. The first-order chi connectivity index (χ1) is 12.8. The number of rotatable bonds is 4. The first-order valence-electron chi connectivity index (χ1n) is 7.60. The van der Waals surface area contributed by atoms with Crippen LogP contribution in [0.4, 0.5) is 5.69 Å². The van der Waals surface area contributed by atoms with Crippen molar-refractivity contribution >= 4 is 46.4 Å². The molecule has 138 valence electrons. The number of amides is 1. The maximum atomic E-state index is 12.4. The third-order valence-corrected chi connectivity index (χ3v) is 4.35. The molecule has 3 rings (SSSR count). The van der Waals surface area contributed by atoms with Crippen LogP contribution in [0.5, 0.6) is 23.0 Å². The molecule has 1 amide bonds. The highest BCUT2D eigenvalue weighted by molar-refractivity contribution is 6.36. The van der Waals surface area contributed by atoms with Crippen molar-refractivity contribution in [2.45, 2.75) is 0 Å². The molecule has 0 saturated carbocycles. The maximum absolute atomic E-state index is 12.4. The summed E-state index contributed by atoms with van der Waals surface area (Å²) in [4.78, 5) is 12.4. The van der Waals surface area contributed by atoms with Gasteiger partial charge in [0, 0.05) is 10.7 Å². The zero-order valence-corrected chi connectivity index (χ0v) is 15.8. The molecule has 5 nitrogen and oxygen atoms in total. The molecular formula is C19H12Cl3NO4. The second-order valence-electron chi connectivity index (χ2n) is 5.45. The van der Waals surface area contributed by atoms with Gasteiger partial charge in [-0.3, -0.25) is 4.79 Å². The van der Waals surface area contributed by atoms with E-state index in [-0.39, 0.29) is 37.9 Å². The number of ether oxygens (including phenoxy) is 1. The van der Waals surface area contributed by atoms with Gasteiger partial charge in [0.25, 0.3) is 5.91 Å². The Bertz CT molecular complexity index is 1020. The van der Waals surface area contributed by atoms with E-state index in [0.717, 1.165) is 0 Å². The molecule has 0 aliphatic heterocycles. The fourth-order valence-electron chi connectivity index (χ4n) is 2.26. The highest BCUT2D eigenvalue weighted by Gasteiger charge is 2.16. The van der Waals surface area contributed by atoms with Crippen LogP contribution in [0.15, 0.2) is 54.6 Å². The van der Waals surface area contributed by atoms with Gasteiger partial charge in [-0.25, -0.2) is 0 Å². The van der Waals surface area contributed by atoms with Crippen LogP contribution in [0.25, 0.3) is 0 Å². The number of phenolic OH excluding ortho intramolecular Hbond substituents is 2. The van der Waals surface area contributed by atoms with Crippen molar-refractivity contribution in [3.8, 4) is 23.0 Å². The zero-order chi connectivity index (χ0) is 19.6. The van der Waals surface area contributed by atoms with Gasteiger partial charge in [-0.1, -0.05) is 46.9 Å². The van der Waals surface area contributed by atoms with E-state index in [9.17, 15) is 15.0 Å². The van der Waals surface area contributed by atoms with Gasteiger partial charge >= 0.3 is 0 Å². The first-order valence-corrected chi connectivity index (χ1v) is 8.73. The molecule has 0 aliphatic rings. The van der Waals surface area contributed by atoms with Crippen molar-refractivity contribution in [3.63, 3.8) is 0 Å². The summed E-state index contributed by atoms with van der Waals surface area (Å²) in [6, 6.07) is 13.6. The Hall–Kier alpha value is -2.60. The van der Waals surface area contributed by atoms with Crippen molar-refractivity contribution in [1.29, 1.82) is 0 Å². The quantitative estimate of drug-likeness (QED) is 0.472. The van der Waals surface area contributed by atoms with Gasteiger partial charge in [-0.05, 0) is 42.5 Å². The lowest BCUT2D eigenvalue weighted by atomic mass is 10.1. The van der Waals surface area contributed by atoms with Gasteiger partial charge in [0.15, 0.2) is 11.5 Å². The average molecular weight is 425 g/mol. The predicted molar refractivity (Wildman–Crippen MR) is 106 cm³/mol. The SMILES string of the molecule is O=C(Nc1ccc(Oc2ccccc2O)c(Cl)c1)c1cc(Cl)cc(Cl)c1O. The van der Waals surface area contributed by atoms with Crippen LogP contribution in [-0.2, 0) is 0 Å². The van der Waals surface area contributed by atoms with Crippen molar-refractivity contribution < 1.29 is 19.7 Å². The molecule has 3 aromatic carbocycles. The van der Waals surface area contributed by atoms with Crippen LogP contribution >= 0.6 is 34.8 Å². The molecule has 0 aliphatic carbocycles. The van der Waals surface area contributed by atoms with Crippen LogP contribution in [0.1, 0.15) is 10.4 Å². The van der Waals surface area contributed by atoms with Gasteiger partial charge in [0.1, 0.15) is 11.5 Å². The van der Waals surface area contributed by atoms with Crippen LogP contribution in [0.3, 0.4) is 0 Å². The van der Waals surface area contributed by atoms with E-state index in [1.807, 2.05) is 0 Å². The molecule has 3 N–H and O–H groups in total. The molecule has 3 aromatic rings. The number of carbonyl (C=O) groups is 1. The van der Waals surface area contributed by atoms with Crippen LogP contribution < -0.4 is 10.1 Å². The molecule has 0 spiro atoms. The van der Waals surface area contributed by atoms with Crippen LogP contribution in [-0.4, -0.2) is 16.1 Å². The van der Waals surface area contributed by atoms with Gasteiger partial charge in [-0.15, -0.1) is 0 Å². The molecule has 27 heavy (non-hydrogen) atoms. The first kappa shape index (κ1) is 19.2. The number of phenols is 2. The smallest absolute Gasteiger partial charge is 0.259 e. The minimum Gasteiger partial charge on any atom is -0.506 e. The Balaban J connectivity index is 1.80. The van der Waals surface area contributed by atoms with E-state index < -0.39 is 5.91 Å². The number of aromatic hydroxyl groups is 2. The van der Waals surface area contributed by atoms with E-state index in [0.29, 0.717) is 11.4 Å². The summed E-state index contributed by atoms with van der Waals surface area (Å²) in [6.07, 6.45) is 0. The topological polar surface area (TPSA) is 78.8 Å². The Morgan fingerprint density at radius 2 is 1.63 bits per heavy atom. The number of benzene rings is 3. The van der Waals surface area contributed by atoms with Crippen molar-refractivity contribution in [3.05, 3.63) is 75.2 Å². The zero-order valence-electron chi connectivity index (χ0n) is 13.5. The molecule has 0 radical (unpaired) electrons. The Morgan fingerprint density at radius 3 is 2.33 bits per heavy atom. The number of hydrogen-bond acceptors (Lipinski definition) is 4. The minimum absolute atomic E-state index is 0.0285. The summed E-state index contributed by atoms with van der Waals surface area (Å²) < 4.78 is 5.57. The number of nitrogens with one attached hydrogen (secondary N) is 1. The van der Waals surface area contributed by atoms with Gasteiger partial charge in [0.2, 0.25) is 0 Å². The van der Waals surface area contributed by atoms with Crippen molar-refractivity contribution in [2.75, 3.05) is 5.32 Å². The lowest BCUT2D eigenvalue weighted by Crippen LogP contribution is -2.12. The number of carbonyl (C=O) groups excluding carboxylic acids is 1. The monoisotopic (exact) mass is 423 g/mol. The fraction of sp³-hybridized carbons (Fsp3) is 0. The summed E-state index contributed by atoms with van der Waals surface area (Å²) in [7, 11) is 0. The summed E-state index contributed by atoms with van der Waals surface area (Å²) in [5, 5.41) is 22.7. The number of para-hydroxylation sites is 2. The molecule has 0 aromatic heterocycles. The summed E-state index contributed by atoms with van der Waals surface area (Å²) in [5.41, 5.74) is 0.295. The van der Waals surface area contributed by atoms with E-state index >= 15 is 0 Å². The number of anilines is 1. The fourth-order valence-corrected chi connectivity index (χ4v) is 2.97. The maximum Gasteiger partial charge on any atom is 0.259 e. The molecule has 0 bridgehead atoms. The Kier molecular flexibility index (Phi) is 5.65. The highest BCUT2D eigenvalue weighted by atomic mass is 35.5. The Morgan fingerprint density at radius 1 is 0.889 bits per heavy atom. The third-order valence-electron chi connectivity index (χ3n) is 3.55. The third kappa shape index (κ3) is 4.39. The predicted octanol–water partition coefficient (Wildman–Crippen LogP) is 6.10. The standard InChI is InChI=1S/C19H12Cl3NO4/c20-10-7-12(18(25)14(22)8-10)19(26)23-11-5-6-16(13(21)9-11)27-17-4-2-1-3-15(17)24/h1-9,24-25H,(H,23,26). The molecule has 0 unspecified atom stereocenters. The van der Waals surface area contributed by atoms with Crippen LogP contribution in [0, 0.1) is 0 Å². The van der Waals surface area contributed by atoms with E-state index in [1.165, 1.54) is 30.3 Å². The van der Waals surface area contributed by atoms with Gasteiger partial charge < -0.3 is 20.3 Å². The lowest BCUT2D eigenvalue weighted by molar-refractivity contribution is 0.102. The Labute approximate surface area is 169 Å². The average Bonchev–Trinajstić information content (AvgIpc) is 2.62. The van der Waals surface area contributed by atoms with Gasteiger partial charge in [0.05, 0.1) is 15.6 Å². The van der Waals surface area contributed by atoms with Crippen molar-refractivity contribution in [2.24, 2.45) is 0 Å². The highest BCUT2D eigenvalue weighted by Crippen LogP contribution is 2.36. The summed E-state index contributed by atoms with van der Waals surface area (Å²) in [6.45, 7) is 0. The largest absolute Gasteiger partial charge is 0.506 e. The summed E-state index contributed by atoms with van der Waals surface area (Å²) >= 11 is 17.9. The number of halogens is 3. The molecule has 8 heteroatoms. The molecular weight excluding hydrogens is 413 g/mol. The number of hydrogen-bond donors (Lipinski definition) is 3. The van der Waals surface area contributed by atoms with E-state index in [2.05, 4.69) is 5.32 Å². The second-order valence-corrected chi connectivity index (χ2v) is 6.70. The molecule has 0 heterocycles. The molecule has 0 saturated heterocycles. The summed E-state index contributed by atoms with van der Waals surface area (Å²) in [5.74, 6) is -0.467. The normalized spacial score (nSPS) is 10.5. The van der Waals surface area contributed by atoms with Crippen LogP contribution in [0.2, 0.25) is 15.1 Å². The molecule has 0 fully saturated rings. The van der Waals surface area contributed by atoms with Gasteiger partial charge in [-0.2, -0.15) is 0 Å². The lowest BCUT2D eigenvalue weighted by Gasteiger charge is -2.12. The second kappa shape index (κ2) is 7.96. The van der Waals surface area contributed by atoms with Crippen molar-refractivity contribution in [1.82, 2.24) is 0 Å². The van der Waals surface area contributed by atoms with E-state index in [4.69, 9.17) is 39.5 Å².